The summed E-state index contributed by atoms with van der Waals surface area (Å²) in [4.78, 5) is 32.8. The summed E-state index contributed by atoms with van der Waals surface area (Å²) in [6.07, 6.45) is 3.25. The van der Waals surface area contributed by atoms with E-state index in [-0.39, 0.29) is 40.7 Å². The number of ether oxygens (including phenoxy) is 3. The second kappa shape index (κ2) is 11.3. The van der Waals surface area contributed by atoms with Crippen molar-refractivity contribution in [2.45, 2.75) is 50.9 Å². The van der Waals surface area contributed by atoms with Crippen LogP contribution >= 0.6 is 11.8 Å². The fraction of sp³-hybridized carbons (Fsp3) is 0.385. The Balaban J connectivity index is 1.76. The van der Waals surface area contributed by atoms with Gasteiger partial charge in [-0.1, -0.05) is 23.9 Å². The Morgan fingerprint density at radius 2 is 1.89 bits per heavy atom. The second-order valence-electron chi connectivity index (χ2n) is 8.70. The molecule has 0 saturated heterocycles. The molecule has 3 unspecified atom stereocenters. The summed E-state index contributed by atoms with van der Waals surface area (Å²) < 4.78 is 41.9. The molecule has 2 aromatic carbocycles. The zero-order chi connectivity index (χ0) is 26.7. The number of amidine groups is 1. The third-order valence-electron chi connectivity index (χ3n) is 6.43. The number of hydrogen-bond donors (Lipinski definition) is 1. The van der Waals surface area contributed by atoms with Gasteiger partial charge in [-0.25, -0.2) is 0 Å². The zero-order valence-electron chi connectivity index (χ0n) is 20.6. The lowest BCUT2D eigenvalue weighted by molar-refractivity contribution is -0.148. The number of hydrogen-bond acceptors (Lipinski definition) is 7. The summed E-state index contributed by atoms with van der Waals surface area (Å²) >= 11 is 1.18. The molecular formula is C26H27F2N3O5S. The molecule has 1 amide bonds. The number of carbonyl (C=O) groups excluding carboxylic acids is 2. The van der Waals surface area contributed by atoms with Crippen molar-refractivity contribution < 1.29 is 32.6 Å². The number of halogens is 2. The minimum Gasteiger partial charge on any atom is -0.493 e. The first kappa shape index (κ1) is 26.6. The van der Waals surface area contributed by atoms with E-state index in [4.69, 9.17) is 24.9 Å². The molecule has 1 aliphatic heterocycles. The first-order chi connectivity index (χ1) is 17.7. The molecule has 2 aliphatic rings. The molecule has 4 rings (SSSR count). The van der Waals surface area contributed by atoms with Crippen LogP contribution in [0.4, 0.5) is 8.78 Å². The van der Waals surface area contributed by atoms with E-state index in [0.717, 1.165) is 11.1 Å². The van der Waals surface area contributed by atoms with Gasteiger partial charge in [-0.3, -0.25) is 14.6 Å². The smallest absolute Gasteiger partial charge is 0.387 e. The maximum atomic E-state index is 13.1. The Morgan fingerprint density at radius 3 is 2.51 bits per heavy atom. The number of amides is 1. The van der Waals surface area contributed by atoms with Crippen molar-refractivity contribution in [2.75, 3.05) is 13.4 Å². The van der Waals surface area contributed by atoms with Crippen molar-refractivity contribution in [1.29, 1.82) is 0 Å². The molecule has 37 heavy (non-hydrogen) atoms. The zero-order valence-corrected chi connectivity index (χ0v) is 21.4. The highest BCUT2D eigenvalue weighted by Crippen LogP contribution is 2.45. The van der Waals surface area contributed by atoms with E-state index < -0.39 is 12.5 Å². The van der Waals surface area contributed by atoms with Gasteiger partial charge in [-0.15, -0.1) is 0 Å². The van der Waals surface area contributed by atoms with Crippen LogP contribution in [-0.4, -0.2) is 54.9 Å². The minimum absolute atomic E-state index is 0.0731. The molecule has 0 spiro atoms. The van der Waals surface area contributed by atoms with Crippen LogP contribution < -0.4 is 15.2 Å². The number of esters is 1. The predicted octanol–water partition coefficient (Wildman–Crippen LogP) is 4.53. The predicted molar refractivity (Wildman–Crippen MR) is 137 cm³/mol. The van der Waals surface area contributed by atoms with Gasteiger partial charge in [-0.2, -0.15) is 13.8 Å². The molecule has 0 aromatic heterocycles. The SMILES string of the molecule is COc1cc2c(cc1OC(F)F)C1CC(OC(C)=O)CCC1N=C2c1ccc(C(=O)N=C(N)SC)cc1. The van der Waals surface area contributed by atoms with Crippen molar-refractivity contribution in [3.05, 3.63) is 58.7 Å². The Morgan fingerprint density at radius 1 is 1.16 bits per heavy atom. The number of fused-ring (bicyclic) bond motifs is 3. The van der Waals surface area contributed by atoms with E-state index in [0.29, 0.717) is 36.1 Å². The van der Waals surface area contributed by atoms with Crippen molar-refractivity contribution in [1.82, 2.24) is 0 Å². The first-order valence-corrected chi connectivity index (χ1v) is 12.9. The molecule has 196 valence electrons. The number of benzene rings is 2. The number of alkyl halides is 2. The topological polar surface area (TPSA) is 113 Å². The number of nitrogens with two attached hydrogens (primary N) is 1. The molecule has 1 fully saturated rings. The van der Waals surface area contributed by atoms with Gasteiger partial charge in [0.25, 0.3) is 5.91 Å². The lowest BCUT2D eigenvalue weighted by Crippen LogP contribution is -2.36. The van der Waals surface area contributed by atoms with E-state index in [1.54, 1.807) is 42.7 Å². The highest BCUT2D eigenvalue weighted by atomic mass is 32.2. The van der Waals surface area contributed by atoms with Crippen molar-refractivity contribution in [3.8, 4) is 11.5 Å². The Hall–Kier alpha value is -3.47. The summed E-state index contributed by atoms with van der Waals surface area (Å²) in [5, 5.41) is 0.170. The molecule has 8 nitrogen and oxygen atoms in total. The van der Waals surface area contributed by atoms with Gasteiger partial charge in [0, 0.05) is 29.5 Å². The minimum atomic E-state index is -3.02. The monoisotopic (exact) mass is 531 g/mol. The van der Waals surface area contributed by atoms with E-state index in [1.807, 2.05) is 0 Å². The summed E-state index contributed by atoms with van der Waals surface area (Å²) in [6, 6.07) is 9.89. The third kappa shape index (κ3) is 5.93. The van der Waals surface area contributed by atoms with E-state index in [2.05, 4.69) is 4.99 Å². The Labute approximate surface area is 217 Å². The van der Waals surface area contributed by atoms with Crippen LogP contribution in [0.1, 0.15) is 59.2 Å². The number of thioether (sulfide) groups is 1. The number of methoxy groups -OCH3 is 1. The third-order valence-corrected chi connectivity index (χ3v) is 6.94. The molecule has 0 radical (unpaired) electrons. The summed E-state index contributed by atoms with van der Waals surface area (Å²) in [6.45, 7) is -1.65. The molecule has 1 heterocycles. The van der Waals surface area contributed by atoms with Crippen LogP contribution in [-0.2, 0) is 9.53 Å². The standard InChI is InChI=1S/C26H27F2N3O5S/c1-13(32)35-16-8-9-20-18(10-16)17-11-22(36-25(27)28)21(34-2)12-19(17)23(30-20)14-4-6-15(7-5-14)24(33)31-26(29)37-3/h4-7,11-12,16,18,20,25H,8-10H2,1-3H3,(H2,29,31,33). The van der Waals surface area contributed by atoms with Crippen molar-refractivity contribution in [2.24, 2.45) is 15.7 Å². The van der Waals surface area contributed by atoms with Gasteiger partial charge in [-0.05, 0) is 55.3 Å². The van der Waals surface area contributed by atoms with E-state index in [9.17, 15) is 18.4 Å². The maximum Gasteiger partial charge on any atom is 0.387 e. The highest BCUT2D eigenvalue weighted by Gasteiger charge is 2.39. The normalized spacial score (nSPS) is 21.0. The Kier molecular flexibility index (Phi) is 8.11. The summed E-state index contributed by atoms with van der Waals surface area (Å²) in [5.74, 6) is -0.906. The molecule has 3 atom stereocenters. The fourth-order valence-electron chi connectivity index (χ4n) is 4.83. The van der Waals surface area contributed by atoms with Crippen LogP contribution in [0, 0.1) is 0 Å². The summed E-state index contributed by atoms with van der Waals surface area (Å²) in [7, 11) is 1.38. The fourth-order valence-corrected chi connectivity index (χ4v) is 5.00. The molecule has 1 aliphatic carbocycles. The van der Waals surface area contributed by atoms with Gasteiger partial charge in [0.15, 0.2) is 16.7 Å². The van der Waals surface area contributed by atoms with Crippen LogP contribution in [0.3, 0.4) is 0 Å². The van der Waals surface area contributed by atoms with E-state index >= 15 is 0 Å². The lowest BCUT2D eigenvalue weighted by atomic mass is 9.74. The lowest BCUT2D eigenvalue weighted by Gasteiger charge is -2.38. The molecule has 2 N–H and O–H groups in total. The molecule has 11 heteroatoms. The quantitative estimate of drug-likeness (QED) is 0.331. The van der Waals surface area contributed by atoms with Gasteiger partial charge in [0.2, 0.25) is 0 Å². The number of aliphatic imine (C=N–C) groups is 2. The van der Waals surface area contributed by atoms with Crippen LogP contribution in [0.25, 0.3) is 0 Å². The van der Waals surface area contributed by atoms with E-state index in [1.165, 1.54) is 25.8 Å². The second-order valence-corrected chi connectivity index (χ2v) is 9.53. The first-order valence-electron chi connectivity index (χ1n) is 11.6. The van der Waals surface area contributed by atoms with Crippen molar-refractivity contribution in [3.63, 3.8) is 0 Å². The van der Waals surface area contributed by atoms with Crippen LogP contribution in [0.5, 0.6) is 11.5 Å². The average molecular weight is 532 g/mol. The van der Waals surface area contributed by atoms with Crippen LogP contribution in [0.15, 0.2) is 46.4 Å². The largest absolute Gasteiger partial charge is 0.493 e. The van der Waals surface area contributed by atoms with Crippen LogP contribution in [0.2, 0.25) is 0 Å². The van der Waals surface area contributed by atoms with Gasteiger partial charge in [0.1, 0.15) is 6.10 Å². The molecular weight excluding hydrogens is 504 g/mol. The van der Waals surface area contributed by atoms with Crippen molar-refractivity contribution >= 4 is 34.5 Å². The average Bonchev–Trinajstić information content (AvgIpc) is 2.87. The van der Waals surface area contributed by atoms with Gasteiger partial charge in [0.05, 0.1) is 18.9 Å². The number of nitrogens with zero attached hydrogens (tertiary/aromatic N) is 2. The Bertz CT molecular complexity index is 1250. The summed E-state index contributed by atoms with van der Waals surface area (Å²) in [5.41, 5.74) is 8.88. The highest BCUT2D eigenvalue weighted by molar-refractivity contribution is 8.13. The van der Waals surface area contributed by atoms with Gasteiger partial charge >= 0.3 is 12.6 Å². The number of carbonyl (C=O) groups is 2. The van der Waals surface area contributed by atoms with Gasteiger partial charge < -0.3 is 19.9 Å². The molecule has 2 aromatic rings. The number of rotatable bonds is 6. The maximum absolute atomic E-state index is 13.1. The molecule has 0 bridgehead atoms. The molecule has 1 saturated carbocycles.